The van der Waals surface area contributed by atoms with Gasteiger partial charge in [-0.25, -0.2) is 0 Å². The second-order valence-electron chi connectivity index (χ2n) is 2.74. The van der Waals surface area contributed by atoms with Crippen molar-refractivity contribution in [3.05, 3.63) is 0 Å². The Morgan fingerprint density at radius 1 is 0.500 bits per heavy atom. The summed E-state index contributed by atoms with van der Waals surface area (Å²) in [5, 5.41) is 43.3. The molecule has 8 heteroatoms. The molecule has 0 rings (SSSR count). The Kier molecular flexibility index (Phi) is 9.62. The van der Waals surface area contributed by atoms with Crippen molar-refractivity contribution in [2.24, 2.45) is 20.6 Å². The normalized spacial score (nSPS) is 14.2. The maximum absolute atomic E-state index is 8.03. The first-order valence-corrected chi connectivity index (χ1v) is 4.19. The minimum atomic E-state index is 0.313. The van der Waals surface area contributed by atoms with Crippen LogP contribution in [0, 0.1) is 0 Å². The van der Waals surface area contributed by atoms with Crippen molar-refractivity contribution in [1.29, 1.82) is 0 Å². The second kappa shape index (κ2) is 9.44. The summed E-state index contributed by atoms with van der Waals surface area (Å²) in [6.45, 7) is 6.15. The molecule has 0 unspecified atom stereocenters. The van der Waals surface area contributed by atoms with Crippen molar-refractivity contribution in [1.82, 2.24) is 0 Å². The molecule has 0 saturated carbocycles. The third-order valence-electron chi connectivity index (χ3n) is 1.65. The molecule has 0 aliphatic carbocycles. The van der Waals surface area contributed by atoms with Crippen LogP contribution in [0.5, 0.6) is 0 Å². The van der Waals surface area contributed by atoms with E-state index in [0.717, 1.165) is 0 Å². The largest absolute Gasteiger partial charge is 0.411 e. The van der Waals surface area contributed by atoms with Gasteiger partial charge in [0.25, 0.3) is 0 Å². The van der Waals surface area contributed by atoms with E-state index in [1.807, 2.05) is 0 Å². The number of hydrogen-bond donors (Lipinski definition) is 4. The van der Waals surface area contributed by atoms with E-state index in [1.54, 1.807) is 0 Å². The van der Waals surface area contributed by atoms with Crippen molar-refractivity contribution in [3.63, 3.8) is 0 Å². The Labute approximate surface area is 92.9 Å². The third-order valence-corrected chi connectivity index (χ3v) is 1.65. The highest BCUT2D eigenvalue weighted by molar-refractivity contribution is 6.40. The Morgan fingerprint density at radius 2 is 0.625 bits per heavy atom. The van der Waals surface area contributed by atoms with Crippen LogP contribution in [-0.4, -0.2) is 43.7 Å². The van der Waals surface area contributed by atoms with Crippen molar-refractivity contribution in [2.45, 2.75) is 27.7 Å². The zero-order valence-electron chi connectivity index (χ0n) is 9.58. The lowest BCUT2D eigenvalue weighted by molar-refractivity contribution is 0.313. The quantitative estimate of drug-likeness (QED) is 0.325. The van der Waals surface area contributed by atoms with E-state index in [0.29, 0.717) is 22.8 Å². The zero-order chi connectivity index (χ0) is 13.1. The summed E-state index contributed by atoms with van der Waals surface area (Å²) >= 11 is 0. The molecular weight excluding hydrogens is 216 g/mol. The fourth-order valence-electron chi connectivity index (χ4n) is 0.289. The molecule has 0 bridgehead atoms. The first-order chi connectivity index (χ1) is 7.44. The molecule has 0 amide bonds. The summed E-state index contributed by atoms with van der Waals surface area (Å²) < 4.78 is 0. The SMILES string of the molecule is CC(=NO)C(C)=NO.CC(=NO)C(C)=NO. The topological polar surface area (TPSA) is 130 Å². The van der Waals surface area contributed by atoms with Crippen LogP contribution in [-0.2, 0) is 0 Å². The molecule has 0 aromatic heterocycles. The van der Waals surface area contributed by atoms with Crippen LogP contribution in [0.3, 0.4) is 0 Å². The first kappa shape index (κ1) is 16.3. The van der Waals surface area contributed by atoms with Crippen LogP contribution < -0.4 is 0 Å². The van der Waals surface area contributed by atoms with Gasteiger partial charge in [-0.2, -0.15) is 0 Å². The highest BCUT2D eigenvalue weighted by Gasteiger charge is 1.94. The molecule has 8 nitrogen and oxygen atoms in total. The summed E-state index contributed by atoms with van der Waals surface area (Å²) in [4.78, 5) is 0. The number of oxime groups is 4. The monoisotopic (exact) mass is 232 g/mol. The van der Waals surface area contributed by atoms with Gasteiger partial charge in [0.15, 0.2) is 0 Å². The van der Waals surface area contributed by atoms with E-state index in [2.05, 4.69) is 20.6 Å². The highest BCUT2D eigenvalue weighted by atomic mass is 16.4. The Balaban J connectivity index is 0. The van der Waals surface area contributed by atoms with Crippen molar-refractivity contribution in [3.8, 4) is 0 Å². The Bertz CT molecular complexity index is 256. The molecule has 0 saturated heterocycles. The minimum absolute atomic E-state index is 0.313. The maximum Gasteiger partial charge on any atom is 0.101 e. The Hall–Kier alpha value is -2.12. The van der Waals surface area contributed by atoms with E-state index in [1.165, 1.54) is 27.7 Å². The van der Waals surface area contributed by atoms with Crippen molar-refractivity contribution >= 4 is 22.8 Å². The molecule has 92 valence electrons. The van der Waals surface area contributed by atoms with Gasteiger partial charge < -0.3 is 20.8 Å². The lowest BCUT2D eigenvalue weighted by Crippen LogP contribution is -2.04. The van der Waals surface area contributed by atoms with Crippen LogP contribution in [0.25, 0.3) is 0 Å². The number of hydrogen-bond acceptors (Lipinski definition) is 8. The second-order valence-corrected chi connectivity index (χ2v) is 2.74. The van der Waals surface area contributed by atoms with Gasteiger partial charge in [-0.1, -0.05) is 20.6 Å². The Morgan fingerprint density at radius 3 is 0.688 bits per heavy atom. The van der Waals surface area contributed by atoms with Gasteiger partial charge in [0.2, 0.25) is 0 Å². The molecule has 0 aliphatic heterocycles. The highest BCUT2D eigenvalue weighted by Crippen LogP contribution is 1.79. The lowest BCUT2D eigenvalue weighted by atomic mass is 10.3. The molecule has 0 fully saturated rings. The van der Waals surface area contributed by atoms with E-state index in [4.69, 9.17) is 20.8 Å². The standard InChI is InChI=1S/2C4H8N2O2/c2*1-3(5-7)4(2)6-8/h2*7-8H,1-2H3. The van der Waals surface area contributed by atoms with Crippen LogP contribution in [0.2, 0.25) is 0 Å². The van der Waals surface area contributed by atoms with Gasteiger partial charge in [-0.3, -0.25) is 0 Å². The van der Waals surface area contributed by atoms with E-state index >= 15 is 0 Å². The summed E-state index contributed by atoms with van der Waals surface area (Å²) in [6.07, 6.45) is 0. The van der Waals surface area contributed by atoms with Crippen LogP contribution >= 0.6 is 0 Å². The van der Waals surface area contributed by atoms with Gasteiger partial charge in [0.1, 0.15) is 22.8 Å². The molecule has 0 radical (unpaired) electrons. The summed E-state index contributed by atoms with van der Waals surface area (Å²) in [6, 6.07) is 0. The van der Waals surface area contributed by atoms with E-state index < -0.39 is 0 Å². The fourth-order valence-corrected chi connectivity index (χ4v) is 0.289. The lowest BCUT2D eigenvalue weighted by Gasteiger charge is -1.88. The molecule has 0 aromatic rings. The predicted octanol–water partition coefficient (Wildman–Crippen LogP) is 1.37. The summed E-state index contributed by atoms with van der Waals surface area (Å²) in [5.74, 6) is 0. The van der Waals surface area contributed by atoms with Gasteiger partial charge in [0, 0.05) is 0 Å². The minimum Gasteiger partial charge on any atom is -0.411 e. The van der Waals surface area contributed by atoms with E-state index in [-0.39, 0.29) is 0 Å². The molecule has 0 aliphatic rings. The molecule has 0 aromatic carbocycles. The van der Waals surface area contributed by atoms with Gasteiger partial charge >= 0.3 is 0 Å². The van der Waals surface area contributed by atoms with Crippen LogP contribution in [0.15, 0.2) is 20.6 Å². The number of nitrogens with zero attached hydrogens (tertiary/aromatic N) is 4. The maximum atomic E-state index is 8.03. The molecule has 4 N–H and O–H groups in total. The van der Waals surface area contributed by atoms with Crippen LogP contribution in [0.4, 0.5) is 0 Å². The van der Waals surface area contributed by atoms with Gasteiger partial charge in [0.05, 0.1) is 0 Å². The molecule has 16 heavy (non-hydrogen) atoms. The zero-order valence-corrected chi connectivity index (χ0v) is 9.58. The summed E-state index contributed by atoms with van der Waals surface area (Å²) in [5.41, 5.74) is 1.25. The average Bonchev–Trinajstić information content (AvgIpc) is 2.35. The fraction of sp³-hybridized carbons (Fsp3) is 0.500. The number of rotatable bonds is 2. The molecule has 0 atom stereocenters. The van der Waals surface area contributed by atoms with Crippen molar-refractivity contribution in [2.75, 3.05) is 0 Å². The third kappa shape index (κ3) is 7.30. The van der Waals surface area contributed by atoms with Gasteiger partial charge in [-0.15, -0.1) is 0 Å². The molecular formula is C8H16N4O4. The van der Waals surface area contributed by atoms with Crippen molar-refractivity contribution < 1.29 is 20.8 Å². The average molecular weight is 232 g/mol. The molecule has 0 heterocycles. The smallest absolute Gasteiger partial charge is 0.101 e. The van der Waals surface area contributed by atoms with Gasteiger partial charge in [-0.05, 0) is 27.7 Å². The predicted molar refractivity (Wildman–Crippen MR) is 59.6 cm³/mol. The summed E-state index contributed by atoms with van der Waals surface area (Å²) in [7, 11) is 0. The molecule has 0 spiro atoms. The van der Waals surface area contributed by atoms with Crippen LogP contribution in [0.1, 0.15) is 27.7 Å². The first-order valence-electron chi connectivity index (χ1n) is 4.19. The van der Waals surface area contributed by atoms with E-state index in [9.17, 15) is 0 Å².